The van der Waals surface area contributed by atoms with Gasteiger partial charge in [0.1, 0.15) is 11.3 Å². The van der Waals surface area contributed by atoms with Crippen LogP contribution in [0.5, 0.6) is 0 Å². The van der Waals surface area contributed by atoms with E-state index in [0.717, 1.165) is 37.6 Å². The molecule has 0 saturated heterocycles. The number of nitrogens with zero attached hydrogens (tertiary/aromatic N) is 2. The van der Waals surface area contributed by atoms with Gasteiger partial charge in [-0.2, -0.15) is 0 Å². The van der Waals surface area contributed by atoms with Gasteiger partial charge in [0.05, 0.1) is 6.20 Å². The molecule has 140 valence electrons. The molecule has 0 radical (unpaired) electrons. The zero-order chi connectivity index (χ0) is 18.5. The number of nitrogens with one attached hydrogen (secondary N) is 3. The Labute approximate surface area is 153 Å². The van der Waals surface area contributed by atoms with Gasteiger partial charge in [-0.25, -0.2) is 14.8 Å². The molecular weight excluding hydrogens is 330 g/mol. The first-order valence-electron chi connectivity index (χ1n) is 9.36. The lowest BCUT2D eigenvalue weighted by Crippen LogP contribution is -2.40. The number of Topliss-reactive ketones (excluding diaryl/α,β-unsaturated/α-hetero) is 1. The van der Waals surface area contributed by atoms with Crippen LogP contribution in [0.1, 0.15) is 52.4 Å². The summed E-state index contributed by atoms with van der Waals surface area (Å²) in [5.74, 6) is 1.69. The summed E-state index contributed by atoms with van der Waals surface area (Å²) >= 11 is 0. The molecule has 2 aromatic heterocycles. The second-order valence-electron chi connectivity index (χ2n) is 7.54. The van der Waals surface area contributed by atoms with Crippen molar-refractivity contribution in [1.82, 2.24) is 20.3 Å². The Kier molecular flexibility index (Phi) is 5.85. The second-order valence-corrected chi connectivity index (χ2v) is 7.54. The van der Waals surface area contributed by atoms with E-state index in [2.05, 4.69) is 32.5 Å². The van der Waals surface area contributed by atoms with Crippen molar-refractivity contribution in [1.29, 1.82) is 0 Å². The minimum atomic E-state index is -0.243. The molecule has 1 aliphatic carbocycles. The van der Waals surface area contributed by atoms with E-state index in [1.165, 1.54) is 0 Å². The van der Waals surface area contributed by atoms with Crippen molar-refractivity contribution in [3.8, 4) is 0 Å². The highest BCUT2D eigenvalue weighted by Gasteiger charge is 2.23. The van der Waals surface area contributed by atoms with Crippen LogP contribution in [0.4, 0.5) is 10.6 Å². The molecule has 2 aromatic rings. The smallest absolute Gasteiger partial charge is 0.320 e. The molecule has 2 heterocycles. The van der Waals surface area contributed by atoms with Crippen LogP contribution in [0.25, 0.3) is 11.2 Å². The van der Waals surface area contributed by atoms with E-state index in [9.17, 15) is 9.59 Å². The van der Waals surface area contributed by atoms with E-state index in [1.54, 1.807) is 19.3 Å². The van der Waals surface area contributed by atoms with Gasteiger partial charge in [0.25, 0.3) is 0 Å². The van der Waals surface area contributed by atoms with Crippen molar-refractivity contribution in [3.05, 3.63) is 18.5 Å². The first-order valence-corrected chi connectivity index (χ1v) is 9.36. The Morgan fingerprint density at radius 1 is 1.31 bits per heavy atom. The third-order valence-electron chi connectivity index (χ3n) is 5.00. The molecule has 7 heteroatoms. The second kappa shape index (κ2) is 8.29. The molecule has 3 N–H and O–H groups in total. The van der Waals surface area contributed by atoms with Crippen molar-refractivity contribution in [2.24, 2.45) is 11.8 Å². The number of hydrogen-bond acceptors (Lipinski definition) is 4. The van der Waals surface area contributed by atoms with Gasteiger partial charge in [0.15, 0.2) is 11.5 Å². The van der Waals surface area contributed by atoms with E-state index < -0.39 is 0 Å². The van der Waals surface area contributed by atoms with Crippen LogP contribution >= 0.6 is 0 Å². The summed E-state index contributed by atoms with van der Waals surface area (Å²) in [4.78, 5) is 35.3. The minimum Gasteiger partial charge on any atom is -0.345 e. The van der Waals surface area contributed by atoms with Crippen molar-refractivity contribution < 1.29 is 9.59 Å². The van der Waals surface area contributed by atoms with Crippen LogP contribution in [0.3, 0.4) is 0 Å². The van der Waals surface area contributed by atoms with Crippen molar-refractivity contribution >= 4 is 28.8 Å². The Bertz CT molecular complexity index is 772. The van der Waals surface area contributed by atoms with Crippen LogP contribution < -0.4 is 10.6 Å². The number of rotatable bonds is 4. The first kappa shape index (κ1) is 18.4. The monoisotopic (exact) mass is 357 g/mol. The number of carbonyl (C=O) groups is 2. The molecule has 3 unspecified atom stereocenters. The summed E-state index contributed by atoms with van der Waals surface area (Å²) in [6.07, 6.45) is 9.01. The predicted octanol–water partition coefficient (Wildman–Crippen LogP) is 3.64. The third kappa shape index (κ3) is 5.03. The molecule has 3 rings (SSSR count). The van der Waals surface area contributed by atoms with Crippen LogP contribution in [0.15, 0.2) is 18.5 Å². The van der Waals surface area contributed by atoms with Crippen molar-refractivity contribution in [2.75, 3.05) is 5.32 Å². The van der Waals surface area contributed by atoms with Gasteiger partial charge in [0, 0.05) is 18.7 Å². The summed E-state index contributed by atoms with van der Waals surface area (Å²) in [5, 5.41) is 5.85. The van der Waals surface area contributed by atoms with E-state index in [1.807, 2.05) is 6.07 Å². The summed E-state index contributed by atoms with van der Waals surface area (Å²) in [5.41, 5.74) is 1.42. The Morgan fingerprint density at radius 2 is 2.15 bits per heavy atom. The van der Waals surface area contributed by atoms with Gasteiger partial charge in [-0.15, -0.1) is 0 Å². The highest BCUT2D eigenvalue weighted by molar-refractivity contribution is 5.89. The number of H-pyrrole nitrogens is 1. The molecule has 26 heavy (non-hydrogen) atoms. The van der Waals surface area contributed by atoms with Gasteiger partial charge >= 0.3 is 6.03 Å². The number of aromatic amines is 1. The van der Waals surface area contributed by atoms with E-state index in [0.29, 0.717) is 29.7 Å². The molecule has 3 atom stereocenters. The SMILES string of the molecule is CC(=O)CC1CCCC(NC(=O)Nc2cnc3[nH]ccc3n2)CC(C)C1. The Balaban J connectivity index is 1.52. The molecule has 2 amide bonds. The lowest BCUT2D eigenvalue weighted by atomic mass is 9.81. The molecule has 0 aliphatic heterocycles. The normalized spacial score (nSPS) is 23.8. The maximum Gasteiger partial charge on any atom is 0.320 e. The van der Waals surface area contributed by atoms with E-state index >= 15 is 0 Å². The highest BCUT2D eigenvalue weighted by Crippen LogP contribution is 2.29. The van der Waals surface area contributed by atoms with Crippen LogP contribution in [0.2, 0.25) is 0 Å². The highest BCUT2D eigenvalue weighted by atomic mass is 16.2. The van der Waals surface area contributed by atoms with Gasteiger partial charge in [-0.05, 0) is 50.5 Å². The number of amides is 2. The molecule has 0 bridgehead atoms. The summed E-state index contributed by atoms with van der Waals surface area (Å²) in [7, 11) is 0. The molecular formula is C19H27N5O2. The summed E-state index contributed by atoms with van der Waals surface area (Å²) < 4.78 is 0. The quantitative estimate of drug-likeness (QED) is 0.777. The molecule has 1 fully saturated rings. The van der Waals surface area contributed by atoms with Crippen LogP contribution in [0, 0.1) is 11.8 Å². The number of ketones is 1. The number of urea groups is 1. The van der Waals surface area contributed by atoms with Crippen LogP contribution in [-0.4, -0.2) is 32.8 Å². The fraction of sp³-hybridized carbons (Fsp3) is 0.579. The molecule has 1 saturated carbocycles. The topological polar surface area (TPSA) is 99.8 Å². The standard InChI is InChI=1S/C19H27N5O2/c1-12-8-14(10-13(2)25)4-3-5-15(9-12)22-19(26)24-17-11-21-18-16(23-17)6-7-20-18/h6-7,11-12,14-15H,3-5,8-10H2,1-2H3,(H,20,21)(H2,22,23,24,26). The number of hydrogen-bond donors (Lipinski definition) is 3. The molecule has 1 aliphatic rings. The van der Waals surface area contributed by atoms with Crippen molar-refractivity contribution in [2.45, 2.75) is 58.4 Å². The zero-order valence-corrected chi connectivity index (χ0v) is 15.4. The fourth-order valence-electron chi connectivity index (χ4n) is 3.99. The molecule has 0 aromatic carbocycles. The van der Waals surface area contributed by atoms with E-state index in [4.69, 9.17) is 0 Å². The van der Waals surface area contributed by atoms with Gasteiger partial charge in [-0.1, -0.05) is 13.3 Å². The largest absolute Gasteiger partial charge is 0.345 e. The lowest BCUT2D eigenvalue weighted by molar-refractivity contribution is -0.118. The molecule has 0 spiro atoms. The Morgan fingerprint density at radius 3 is 2.96 bits per heavy atom. The molecule has 7 nitrogen and oxygen atoms in total. The number of anilines is 1. The summed E-state index contributed by atoms with van der Waals surface area (Å²) in [6.45, 7) is 3.88. The van der Waals surface area contributed by atoms with Crippen LogP contribution in [-0.2, 0) is 4.79 Å². The minimum absolute atomic E-state index is 0.146. The van der Waals surface area contributed by atoms with Gasteiger partial charge in [0.2, 0.25) is 0 Å². The average molecular weight is 357 g/mol. The number of fused-ring (bicyclic) bond motifs is 1. The maximum atomic E-state index is 12.3. The average Bonchev–Trinajstić information content (AvgIpc) is 2.99. The van der Waals surface area contributed by atoms with Gasteiger partial charge < -0.3 is 15.1 Å². The Hall–Kier alpha value is -2.44. The predicted molar refractivity (Wildman–Crippen MR) is 101 cm³/mol. The van der Waals surface area contributed by atoms with Gasteiger partial charge in [-0.3, -0.25) is 5.32 Å². The zero-order valence-electron chi connectivity index (χ0n) is 15.4. The third-order valence-corrected chi connectivity index (χ3v) is 5.00. The van der Waals surface area contributed by atoms with E-state index in [-0.39, 0.29) is 17.9 Å². The fourth-order valence-corrected chi connectivity index (χ4v) is 3.99. The maximum absolute atomic E-state index is 12.3. The number of aromatic nitrogens is 3. The van der Waals surface area contributed by atoms with Crippen molar-refractivity contribution in [3.63, 3.8) is 0 Å². The number of carbonyl (C=O) groups excluding carboxylic acids is 2. The lowest BCUT2D eigenvalue weighted by Gasteiger charge is -2.29. The summed E-state index contributed by atoms with van der Waals surface area (Å²) in [6, 6.07) is 1.72. The first-order chi connectivity index (χ1) is 12.5.